The van der Waals surface area contributed by atoms with E-state index in [4.69, 9.17) is 26.1 Å². The monoisotopic (exact) mass is 646 g/mol. The van der Waals surface area contributed by atoms with E-state index in [0.29, 0.717) is 29.2 Å². The van der Waals surface area contributed by atoms with E-state index in [1.807, 2.05) is 36.5 Å². The molecule has 0 amide bonds. The summed E-state index contributed by atoms with van der Waals surface area (Å²) in [4.78, 5) is 4.74. The largest absolute Gasteiger partial charge is 0.493 e. The Bertz CT molecular complexity index is 1530. The molecule has 0 aromatic heterocycles. The van der Waals surface area contributed by atoms with Crippen LogP contribution in [0.3, 0.4) is 0 Å². The van der Waals surface area contributed by atoms with E-state index in [1.165, 1.54) is 16.8 Å². The number of hydrogen-bond donors (Lipinski definition) is 1. The van der Waals surface area contributed by atoms with E-state index in [0.717, 1.165) is 32.6 Å². The Balaban J connectivity index is 1.16. The molecule has 0 spiro atoms. The van der Waals surface area contributed by atoms with Crippen LogP contribution in [0, 0.1) is 9.49 Å². The van der Waals surface area contributed by atoms with Gasteiger partial charge >= 0.3 is 0 Å². The first kappa shape index (κ1) is 26.0. The molecule has 39 heavy (non-hydrogen) atoms. The minimum absolute atomic E-state index is 0.282. The molecule has 4 nitrogen and oxygen atoms in total. The maximum atomic E-state index is 6.09. The normalized spacial score (nSPS) is 19.4. The highest BCUT2D eigenvalue weighted by molar-refractivity contribution is 14.1. The number of aliphatic imine (C=N–C) groups is 1. The van der Waals surface area contributed by atoms with Crippen LogP contribution in [0.25, 0.3) is 0 Å². The van der Waals surface area contributed by atoms with Gasteiger partial charge in [0.15, 0.2) is 11.5 Å². The van der Waals surface area contributed by atoms with Crippen LogP contribution in [-0.2, 0) is 6.61 Å². The zero-order chi connectivity index (χ0) is 26.8. The number of rotatable bonds is 7. The van der Waals surface area contributed by atoms with Gasteiger partial charge in [-0.25, -0.2) is 0 Å². The lowest BCUT2D eigenvalue weighted by molar-refractivity contribution is 0.282. The molecule has 0 unspecified atom stereocenters. The van der Waals surface area contributed by atoms with Gasteiger partial charge in [-0.1, -0.05) is 66.2 Å². The smallest absolute Gasteiger partial charge is 0.174 e. The molecule has 2 aliphatic rings. The first-order valence-corrected chi connectivity index (χ1v) is 14.5. The van der Waals surface area contributed by atoms with Gasteiger partial charge in [-0.15, -0.1) is 0 Å². The topological polar surface area (TPSA) is 42.8 Å². The van der Waals surface area contributed by atoms with E-state index in [-0.39, 0.29) is 6.04 Å². The van der Waals surface area contributed by atoms with Gasteiger partial charge in [0.1, 0.15) is 6.61 Å². The Labute approximate surface area is 247 Å². The van der Waals surface area contributed by atoms with Gasteiger partial charge in [0.25, 0.3) is 0 Å². The second-order valence-electron chi connectivity index (χ2n) is 9.86. The summed E-state index contributed by atoms with van der Waals surface area (Å²) >= 11 is 8.27. The van der Waals surface area contributed by atoms with Crippen molar-refractivity contribution in [3.63, 3.8) is 0 Å². The predicted molar refractivity (Wildman–Crippen MR) is 168 cm³/mol. The molecular formula is C33H28ClIN2O2. The maximum absolute atomic E-state index is 6.09. The van der Waals surface area contributed by atoms with Crippen LogP contribution in [0.1, 0.15) is 40.6 Å². The first-order chi connectivity index (χ1) is 19.1. The van der Waals surface area contributed by atoms with E-state index in [2.05, 4.69) is 94.7 Å². The highest BCUT2D eigenvalue weighted by Gasteiger charge is 2.37. The molecule has 6 heteroatoms. The minimum atomic E-state index is 0.282. The first-order valence-electron chi connectivity index (χ1n) is 13.0. The lowest BCUT2D eigenvalue weighted by atomic mass is 9.77. The Morgan fingerprint density at radius 3 is 2.62 bits per heavy atom. The average Bonchev–Trinajstić information content (AvgIpc) is 3.46. The Kier molecular flexibility index (Phi) is 7.62. The molecule has 1 N–H and O–H groups in total. The van der Waals surface area contributed by atoms with Crippen molar-refractivity contribution in [1.29, 1.82) is 0 Å². The number of ether oxygens (including phenoxy) is 2. The number of anilines is 1. The number of hydrogen-bond acceptors (Lipinski definition) is 4. The van der Waals surface area contributed by atoms with Crippen molar-refractivity contribution in [2.75, 3.05) is 12.4 Å². The summed E-state index contributed by atoms with van der Waals surface area (Å²) in [6.07, 6.45) is 7.67. The zero-order valence-electron chi connectivity index (χ0n) is 21.5. The van der Waals surface area contributed by atoms with Crippen molar-refractivity contribution in [2.45, 2.75) is 25.0 Å². The predicted octanol–water partition coefficient (Wildman–Crippen LogP) is 9.11. The molecular weight excluding hydrogens is 619 g/mol. The van der Waals surface area contributed by atoms with Crippen molar-refractivity contribution >= 4 is 51.8 Å². The molecule has 1 heterocycles. The lowest BCUT2D eigenvalue weighted by Gasteiger charge is -2.37. The molecule has 196 valence electrons. The molecule has 4 aromatic carbocycles. The molecule has 1 aliphatic carbocycles. The summed E-state index contributed by atoms with van der Waals surface area (Å²) in [7, 11) is 1.66. The Hall–Kier alpha value is -3.29. The van der Waals surface area contributed by atoms with Gasteiger partial charge in [-0.05, 0) is 99.6 Å². The van der Waals surface area contributed by atoms with Crippen molar-refractivity contribution in [1.82, 2.24) is 0 Å². The molecule has 0 saturated carbocycles. The summed E-state index contributed by atoms with van der Waals surface area (Å²) in [6, 6.07) is 29.2. The van der Waals surface area contributed by atoms with Crippen LogP contribution in [0.4, 0.5) is 11.4 Å². The molecule has 0 bridgehead atoms. The number of para-hydroxylation sites is 1. The van der Waals surface area contributed by atoms with Crippen LogP contribution in [0.15, 0.2) is 102 Å². The standard InChI is InChI=1S/C33H28ClIN2O2/c1-38-31-18-22(17-29(35)33(31)39-20-21-9-13-24(34)14-10-21)19-36-25-15-11-23(12-16-25)32-28-7-4-6-26(28)27-5-2-3-8-30(27)37-32/h2-6,8-19,26,28,32,37H,7,20H2,1H3/t26-,28+,32-/m0/s1. The number of benzene rings is 4. The number of methoxy groups -OCH3 is 1. The highest BCUT2D eigenvalue weighted by Crippen LogP contribution is 2.49. The molecule has 1 aliphatic heterocycles. The number of fused-ring (bicyclic) bond motifs is 3. The number of allylic oxidation sites excluding steroid dienone is 2. The summed E-state index contributed by atoms with van der Waals surface area (Å²) in [5.74, 6) is 2.40. The third-order valence-electron chi connectivity index (χ3n) is 7.44. The van der Waals surface area contributed by atoms with Crippen molar-refractivity contribution in [2.24, 2.45) is 10.9 Å². The summed E-state index contributed by atoms with van der Waals surface area (Å²) < 4.78 is 12.7. The molecule has 0 radical (unpaired) electrons. The van der Waals surface area contributed by atoms with Crippen LogP contribution in [-0.4, -0.2) is 13.3 Å². The quantitative estimate of drug-likeness (QED) is 0.124. The molecule has 0 saturated heterocycles. The van der Waals surface area contributed by atoms with E-state index in [9.17, 15) is 0 Å². The third-order valence-corrected chi connectivity index (χ3v) is 8.49. The van der Waals surface area contributed by atoms with Crippen LogP contribution in [0.5, 0.6) is 11.5 Å². The van der Waals surface area contributed by atoms with Gasteiger partial charge < -0.3 is 14.8 Å². The van der Waals surface area contributed by atoms with E-state index >= 15 is 0 Å². The zero-order valence-corrected chi connectivity index (χ0v) is 24.4. The summed E-state index contributed by atoms with van der Waals surface area (Å²) in [5, 5.41) is 4.51. The van der Waals surface area contributed by atoms with Gasteiger partial charge in [-0.3, -0.25) is 4.99 Å². The van der Waals surface area contributed by atoms with Gasteiger partial charge in [0.05, 0.1) is 22.4 Å². The second kappa shape index (κ2) is 11.4. The molecule has 0 fully saturated rings. The van der Waals surface area contributed by atoms with Crippen molar-refractivity contribution < 1.29 is 9.47 Å². The summed E-state index contributed by atoms with van der Waals surface area (Å²) in [5.41, 5.74) is 6.83. The third kappa shape index (κ3) is 5.56. The number of halogens is 2. The molecule has 4 aromatic rings. The summed E-state index contributed by atoms with van der Waals surface area (Å²) in [6.45, 7) is 0.433. The van der Waals surface area contributed by atoms with Crippen molar-refractivity contribution in [3.05, 3.63) is 128 Å². The lowest BCUT2D eigenvalue weighted by Crippen LogP contribution is -2.28. The van der Waals surface area contributed by atoms with E-state index in [1.54, 1.807) is 7.11 Å². The Morgan fingerprint density at radius 2 is 1.82 bits per heavy atom. The average molecular weight is 647 g/mol. The molecule has 3 atom stereocenters. The van der Waals surface area contributed by atoms with Crippen LogP contribution >= 0.6 is 34.2 Å². The van der Waals surface area contributed by atoms with Gasteiger partial charge in [0, 0.05) is 22.8 Å². The second-order valence-corrected chi connectivity index (χ2v) is 11.5. The minimum Gasteiger partial charge on any atom is -0.493 e. The van der Waals surface area contributed by atoms with Gasteiger partial charge in [0.2, 0.25) is 0 Å². The highest BCUT2D eigenvalue weighted by atomic mass is 127. The van der Waals surface area contributed by atoms with Crippen LogP contribution in [0.2, 0.25) is 5.02 Å². The fourth-order valence-electron chi connectivity index (χ4n) is 5.48. The van der Waals surface area contributed by atoms with Crippen LogP contribution < -0.4 is 14.8 Å². The maximum Gasteiger partial charge on any atom is 0.174 e. The molecule has 6 rings (SSSR count). The fourth-order valence-corrected chi connectivity index (χ4v) is 6.39. The fraction of sp³-hybridized carbons (Fsp3) is 0.182. The number of nitrogens with one attached hydrogen (secondary N) is 1. The van der Waals surface area contributed by atoms with Crippen molar-refractivity contribution in [3.8, 4) is 11.5 Å². The SMILES string of the molecule is COc1cc(C=Nc2ccc([C@@H]3Nc4ccccc4[C@@H]4C=CC[C@H]43)cc2)cc(I)c1OCc1ccc(Cl)cc1. The number of nitrogens with zero attached hydrogens (tertiary/aromatic N) is 1. The van der Waals surface area contributed by atoms with E-state index < -0.39 is 0 Å². The Morgan fingerprint density at radius 1 is 1.03 bits per heavy atom. The van der Waals surface area contributed by atoms with Gasteiger partial charge in [-0.2, -0.15) is 0 Å².